The smallest absolute Gasteiger partial charge is 0.263 e. The van der Waals surface area contributed by atoms with Gasteiger partial charge in [-0.1, -0.05) is 41.9 Å². The molecule has 36 heavy (non-hydrogen) atoms. The Hall–Kier alpha value is -2.88. The van der Waals surface area contributed by atoms with Crippen LogP contribution in [0.4, 0.5) is 5.69 Å². The van der Waals surface area contributed by atoms with Crippen molar-refractivity contribution in [2.75, 3.05) is 37.6 Å². The lowest BCUT2D eigenvalue weighted by Crippen LogP contribution is -2.49. The van der Waals surface area contributed by atoms with Gasteiger partial charge in [-0.15, -0.1) is 0 Å². The largest absolute Gasteiger partial charge is 0.369 e. The van der Waals surface area contributed by atoms with Gasteiger partial charge in [-0.05, 0) is 49.1 Å². The number of anilines is 1. The number of sulfonamides is 1. The van der Waals surface area contributed by atoms with Gasteiger partial charge in [0, 0.05) is 62.7 Å². The summed E-state index contributed by atoms with van der Waals surface area (Å²) in [6, 6.07) is 13.8. The average Bonchev–Trinajstić information content (AvgIpc) is 3.35. The third-order valence-electron chi connectivity index (χ3n) is 7.03. The summed E-state index contributed by atoms with van der Waals surface area (Å²) in [7, 11) is -3.95. The van der Waals surface area contributed by atoms with E-state index in [0.717, 1.165) is 23.2 Å². The zero-order valence-electron chi connectivity index (χ0n) is 20.5. The van der Waals surface area contributed by atoms with E-state index in [0.29, 0.717) is 50.8 Å². The van der Waals surface area contributed by atoms with E-state index in [9.17, 15) is 13.2 Å². The standard InChI is InChI=1S/C26H30ClN5O3S/c1-3-31-18-23(26(33)30-11-10-20-6-4-5-7-21(20)17-30)25(28-31)36(34,35)32-14-12-29(13-15-32)24-16-22(27)9-8-19(24)2/h4-9,16,18H,3,10-15,17H2,1-2H3. The third-order valence-corrected chi connectivity index (χ3v) is 9.11. The minimum absolute atomic E-state index is 0.143. The van der Waals surface area contributed by atoms with Gasteiger partial charge in [0.25, 0.3) is 15.9 Å². The predicted molar refractivity (Wildman–Crippen MR) is 140 cm³/mol. The second-order valence-corrected chi connectivity index (χ2v) is 11.6. The van der Waals surface area contributed by atoms with Gasteiger partial charge in [-0.25, -0.2) is 8.42 Å². The number of fused-ring (bicyclic) bond motifs is 1. The Kier molecular flexibility index (Phi) is 6.80. The molecule has 2 aliphatic heterocycles. The van der Waals surface area contributed by atoms with Gasteiger partial charge >= 0.3 is 0 Å². The molecule has 3 aromatic rings. The van der Waals surface area contributed by atoms with Crippen LogP contribution in [-0.4, -0.2) is 66.0 Å². The second-order valence-electron chi connectivity index (χ2n) is 9.27. The molecule has 0 saturated carbocycles. The van der Waals surface area contributed by atoms with Crippen LogP contribution in [0.2, 0.25) is 5.02 Å². The second kappa shape index (κ2) is 9.88. The predicted octanol–water partition coefficient (Wildman–Crippen LogP) is 3.57. The quantitative estimate of drug-likeness (QED) is 0.507. The van der Waals surface area contributed by atoms with Gasteiger partial charge in [0.1, 0.15) is 0 Å². The number of carbonyl (C=O) groups is 1. The highest BCUT2D eigenvalue weighted by Crippen LogP contribution is 2.28. The molecule has 1 saturated heterocycles. The molecule has 2 aromatic carbocycles. The zero-order chi connectivity index (χ0) is 25.4. The normalized spacial score (nSPS) is 16.8. The number of amides is 1. The monoisotopic (exact) mass is 527 g/mol. The van der Waals surface area contributed by atoms with Crippen molar-refractivity contribution < 1.29 is 13.2 Å². The lowest BCUT2D eigenvalue weighted by atomic mass is 9.99. The Morgan fingerprint density at radius 3 is 2.47 bits per heavy atom. The number of halogens is 1. The SMILES string of the molecule is CCn1cc(C(=O)N2CCc3ccccc3C2)c(S(=O)(=O)N2CCN(c3cc(Cl)ccc3C)CC2)n1. The number of aryl methyl sites for hydroxylation is 2. The number of aromatic nitrogens is 2. The summed E-state index contributed by atoms with van der Waals surface area (Å²) in [6.07, 6.45) is 2.32. The molecule has 3 heterocycles. The number of benzene rings is 2. The molecule has 0 bridgehead atoms. The van der Waals surface area contributed by atoms with Crippen LogP contribution in [0, 0.1) is 6.92 Å². The topological polar surface area (TPSA) is 78.8 Å². The van der Waals surface area contributed by atoms with Crippen LogP contribution in [0.15, 0.2) is 53.7 Å². The van der Waals surface area contributed by atoms with Crippen LogP contribution in [0.5, 0.6) is 0 Å². The highest BCUT2D eigenvalue weighted by molar-refractivity contribution is 7.89. The third kappa shape index (κ3) is 4.63. The first kappa shape index (κ1) is 24.8. The van der Waals surface area contributed by atoms with Crippen LogP contribution in [-0.2, 0) is 29.5 Å². The number of nitrogens with zero attached hydrogens (tertiary/aromatic N) is 5. The Bertz CT molecular complexity index is 1400. The Morgan fingerprint density at radius 2 is 1.75 bits per heavy atom. The molecule has 10 heteroatoms. The highest BCUT2D eigenvalue weighted by Gasteiger charge is 2.36. The lowest BCUT2D eigenvalue weighted by molar-refractivity contribution is 0.0730. The summed E-state index contributed by atoms with van der Waals surface area (Å²) in [5.74, 6) is -0.295. The Labute approximate surface area is 217 Å². The molecule has 5 rings (SSSR count). The molecule has 0 radical (unpaired) electrons. The lowest BCUT2D eigenvalue weighted by Gasteiger charge is -2.36. The number of carbonyl (C=O) groups excluding carboxylic acids is 1. The van der Waals surface area contributed by atoms with Gasteiger partial charge in [-0.3, -0.25) is 9.48 Å². The Balaban J connectivity index is 1.37. The summed E-state index contributed by atoms with van der Waals surface area (Å²) in [5.41, 5.74) is 4.57. The Morgan fingerprint density at radius 1 is 1.03 bits per heavy atom. The molecular formula is C26H30ClN5O3S. The molecule has 2 aliphatic rings. The molecule has 0 aliphatic carbocycles. The van der Waals surface area contributed by atoms with E-state index in [-0.39, 0.29) is 16.5 Å². The first-order chi connectivity index (χ1) is 17.3. The molecular weight excluding hydrogens is 498 g/mol. The minimum Gasteiger partial charge on any atom is -0.369 e. The maximum absolute atomic E-state index is 13.7. The first-order valence-electron chi connectivity index (χ1n) is 12.2. The molecule has 1 amide bonds. The van der Waals surface area contributed by atoms with Crippen molar-refractivity contribution in [3.8, 4) is 0 Å². The fourth-order valence-electron chi connectivity index (χ4n) is 4.96. The van der Waals surface area contributed by atoms with Crippen molar-refractivity contribution in [2.45, 2.75) is 38.4 Å². The fraction of sp³-hybridized carbons (Fsp3) is 0.385. The van der Waals surface area contributed by atoms with Crippen LogP contribution in [0.1, 0.15) is 34.0 Å². The van der Waals surface area contributed by atoms with E-state index in [1.807, 2.05) is 50.2 Å². The fourth-order valence-corrected chi connectivity index (χ4v) is 6.64. The van der Waals surface area contributed by atoms with Crippen molar-refractivity contribution in [2.24, 2.45) is 0 Å². The van der Waals surface area contributed by atoms with Gasteiger partial charge in [-0.2, -0.15) is 9.40 Å². The molecule has 0 unspecified atom stereocenters. The minimum atomic E-state index is -3.95. The van der Waals surface area contributed by atoms with Gasteiger partial charge < -0.3 is 9.80 Å². The average molecular weight is 528 g/mol. The van der Waals surface area contributed by atoms with Crippen molar-refractivity contribution in [1.82, 2.24) is 19.0 Å². The molecule has 0 atom stereocenters. The molecule has 1 fully saturated rings. The van der Waals surface area contributed by atoms with Gasteiger partial charge in [0.15, 0.2) is 0 Å². The maximum Gasteiger partial charge on any atom is 0.263 e. The zero-order valence-corrected chi connectivity index (χ0v) is 22.1. The first-order valence-corrected chi connectivity index (χ1v) is 14.0. The summed E-state index contributed by atoms with van der Waals surface area (Å²) in [5, 5.41) is 4.85. The van der Waals surface area contributed by atoms with Crippen LogP contribution < -0.4 is 4.90 Å². The van der Waals surface area contributed by atoms with Crippen molar-refractivity contribution in [1.29, 1.82) is 0 Å². The van der Waals surface area contributed by atoms with E-state index in [2.05, 4.69) is 16.1 Å². The summed E-state index contributed by atoms with van der Waals surface area (Å²) >= 11 is 6.19. The molecule has 0 N–H and O–H groups in total. The summed E-state index contributed by atoms with van der Waals surface area (Å²) in [6.45, 7) is 7.04. The number of hydrogen-bond acceptors (Lipinski definition) is 5. The van der Waals surface area contributed by atoms with E-state index >= 15 is 0 Å². The van der Waals surface area contributed by atoms with Crippen molar-refractivity contribution in [3.05, 3.63) is 75.9 Å². The van der Waals surface area contributed by atoms with E-state index in [1.54, 1.807) is 11.1 Å². The molecule has 0 spiro atoms. The molecule has 190 valence electrons. The van der Waals surface area contributed by atoms with Gasteiger partial charge in [0.2, 0.25) is 5.03 Å². The van der Waals surface area contributed by atoms with Crippen LogP contribution in [0.3, 0.4) is 0 Å². The maximum atomic E-state index is 13.7. The molecule has 8 nitrogen and oxygen atoms in total. The summed E-state index contributed by atoms with van der Waals surface area (Å²) < 4.78 is 30.4. The van der Waals surface area contributed by atoms with Gasteiger partial charge in [0.05, 0.1) is 5.56 Å². The van der Waals surface area contributed by atoms with E-state index < -0.39 is 10.0 Å². The van der Waals surface area contributed by atoms with Crippen molar-refractivity contribution >= 4 is 33.2 Å². The van der Waals surface area contributed by atoms with Crippen molar-refractivity contribution in [3.63, 3.8) is 0 Å². The summed E-state index contributed by atoms with van der Waals surface area (Å²) in [4.78, 5) is 17.4. The number of rotatable bonds is 5. The van der Waals surface area contributed by atoms with E-state index in [4.69, 9.17) is 11.6 Å². The highest BCUT2D eigenvalue weighted by atomic mass is 35.5. The number of hydrogen-bond donors (Lipinski definition) is 0. The van der Waals surface area contributed by atoms with Crippen LogP contribution >= 0.6 is 11.6 Å². The molecule has 1 aromatic heterocycles. The van der Waals surface area contributed by atoms with E-state index in [1.165, 1.54) is 14.6 Å². The van der Waals surface area contributed by atoms with Crippen LogP contribution in [0.25, 0.3) is 0 Å². The number of piperazine rings is 1.